The molecule has 0 amide bonds. The van der Waals surface area contributed by atoms with Gasteiger partial charge in [0.15, 0.2) is 0 Å². The average Bonchev–Trinajstić information content (AvgIpc) is 2.20. The van der Waals surface area contributed by atoms with Gasteiger partial charge in [0.25, 0.3) is 0 Å². The Morgan fingerprint density at radius 2 is 2.46 bits per heavy atom. The topological polar surface area (TPSA) is 58.0 Å². The van der Waals surface area contributed by atoms with E-state index in [1.807, 2.05) is 12.1 Å². The highest BCUT2D eigenvalue weighted by atomic mass is 16.3. The molecule has 2 N–H and O–H groups in total. The number of nitrogens with zero attached hydrogens (tertiary/aromatic N) is 2. The number of aromatic nitrogens is 2. The fourth-order valence-corrected chi connectivity index (χ4v) is 1.65. The van der Waals surface area contributed by atoms with Gasteiger partial charge < -0.3 is 10.4 Å². The van der Waals surface area contributed by atoms with Crippen molar-refractivity contribution < 1.29 is 5.11 Å². The molecule has 1 saturated heterocycles. The van der Waals surface area contributed by atoms with E-state index in [9.17, 15) is 5.11 Å². The van der Waals surface area contributed by atoms with E-state index in [0.717, 1.165) is 25.1 Å². The summed E-state index contributed by atoms with van der Waals surface area (Å²) in [5.41, 5.74) is 0.828. The molecule has 2 rings (SSSR count). The monoisotopic (exact) mass is 179 g/mol. The van der Waals surface area contributed by atoms with Crippen LogP contribution >= 0.6 is 0 Å². The minimum Gasteiger partial charge on any atom is -0.391 e. The van der Waals surface area contributed by atoms with Crippen molar-refractivity contribution in [2.45, 2.75) is 25.0 Å². The van der Waals surface area contributed by atoms with Crippen molar-refractivity contribution in [1.29, 1.82) is 0 Å². The van der Waals surface area contributed by atoms with Crippen LogP contribution in [-0.2, 0) is 0 Å². The lowest BCUT2D eigenvalue weighted by Crippen LogP contribution is -2.38. The molecule has 4 nitrogen and oxygen atoms in total. The summed E-state index contributed by atoms with van der Waals surface area (Å²) in [5, 5.41) is 20.7. The molecule has 2 unspecified atom stereocenters. The van der Waals surface area contributed by atoms with Crippen molar-refractivity contribution in [1.82, 2.24) is 15.5 Å². The fraction of sp³-hybridized carbons (Fsp3) is 0.556. The molecule has 4 heteroatoms. The molecule has 1 aromatic heterocycles. The molecule has 0 bridgehead atoms. The van der Waals surface area contributed by atoms with E-state index in [-0.39, 0.29) is 12.1 Å². The standard InChI is InChI=1S/C9H13N3O/c13-8-4-2-5-10-9(8)7-3-1-6-11-12-7/h1,3,6,8-10,13H,2,4-5H2. The quantitative estimate of drug-likeness (QED) is 0.649. The summed E-state index contributed by atoms with van der Waals surface area (Å²) in [6.07, 6.45) is 3.18. The number of hydrogen-bond acceptors (Lipinski definition) is 4. The third kappa shape index (κ3) is 1.84. The fourth-order valence-electron chi connectivity index (χ4n) is 1.65. The van der Waals surface area contributed by atoms with E-state index in [1.54, 1.807) is 6.20 Å². The first-order valence-electron chi connectivity index (χ1n) is 4.57. The highest BCUT2D eigenvalue weighted by Gasteiger charge is 2.24. The Hall–Kier alpha value is -1.00. The van der Waals surface area contributed by atoms with E-state index in [2.05, 4.69) is 15.5 Å². The smallest absolute Gasteiger partial charge is 0.0826 e. The van der Waals surface area contributed by atoms with E-state index in [4.69, 9.17) is 0 Å². The van der Waals surface area contributed by atoms with Crippen LogP contribution < -0.4 is 5.32 Å². The predicted octanol–water partition coefficient (Wildman–Crippen LogP) is 0.262. The number of rotatable bonds is 1. The molecule has 0 saturated carbocycles. The summed E-state index contributed by atoms with van der Waals surface area (Å²) in [6, 6.07) is 3.69. The molecule has 1 fully saturated rings. The molecule has 0 radical (unpaired) electrons. The zero-order valence-electron chi connectivity index (χ0n) is 7.35. The lowest BCUT2D eigenvalue weighted by Gasteiger charge is -2.27. The van der Waals surface area contributed by atoms with Gasteiger partial charge in [-0.2, -0.15) is 10.2 Å². The van der Waals surface area contributed by atoms with E-state index in [1.165, 1.54) is 0 Å². The molecular formula is C9H13N3O. The van der Waals surface area contributed by atoms with Crippen LogP contribution in [0.1, 0.15) is 24.6 Å². The zero-order chi connectivity index (χ0) is 9.10. The van der Waals surface area contributed by atoms with Crippen LogP contribution in [0, 0.1) is 0 Å². The van der Waals surface area contributed by atoms with Crippen LogP contribution in [0.5, 0.6) is 0 Å². The van der Waals surface area contributed by atoms with E-state index in [0.29, 0.717) is 0 Å². The predicted molar refractivity (Wildman–Crippen MR) is 48.0 cm³/mol. The summed E-state index contributed by atoms with van der Waals surface area (Å²) in [5.74, 6) is 0. The van der Waals surface area contributed by atoms with Gasteiger partial charge in [0.1, 0.15) is 0 Å². The van der Waals surface area contributed by atoms with E-state index >= 15 is 0 Å². The Kier molecular flexibility index (Phi) is 2.52. The van der Waals surface area contributed by atoms with Gasteiger partial charge in [0, 0.05) is 6.20 Å². The molecule has 0 spiro atoms. The minimum absolute atomic E-state index is 0.0394. The molecule has 70 valence electrons. The summed E-state index contributed by atoms with van der Waals surface area (Å²) in [6.45, 7) is 0.943. The Bertz CT molecular complexity index is 265. The largest absolute Gasteiger partial charge is 0.391 e. The van der Waals surface area contributed by atoms with Crippen molar-refractivity contribution in [2.75, 3.05) is 6.54 Å². The van der Waals surface area contributed by atoms with Gasteiger partial charge in [-0.1, -0.05) is 0 Å². The van der Waals surface area contributed by atoms with Crippen LogP contribution in [0.15, 0.2) is 18.3 Å². The van der Waals surface area contributed by atoms with Crippen molar-refractivity contribution in [3.8, 4) is 0 Å². The maximum atomic E-state index is 9.69. The second kappa shape index (κ2) is 3.81. The normalized spacial score (nSPS) is 28.7. The average molecular weight is 179 g/mol. The van der Waals surface area contributed by atoms with Gasteiger partial charge in [-0.25, -0.2) is 0 Å². The molecule has 2 atom stereocenters. The molecule has 0 aromatic carbocycles. The van der Waals surface area contributed by atoms with Crippen LogP contribution in [0.4, 0.5) is 0 Å². The lowest BCUT2D eigenvalue weighted by atomic mass is 9.99. The maximum absolute atomic E-state index is 9.69. The van der Waals surface area contributed by atoms with Crippen molar-refractivity contribution >= 4 is 0 Å². The van der Waals surface area contributed by atoms with Gasteiger partial charge in [0.05, 0.1) is 17.8 Å². The second-order valence-corrected chi connectivity index (χ2v) is 3.29. The molecule has 0 aliphatic carbocycles. The first-order valence-corrected chi connectivity index (χ1v) is 4.57. The van der Waals surface area contributed by atoms with Crippen molar-refractivity contribution in [3.63, 3.8) is 0 Å². The van der Waals surface area contributed by atoms with Gasteiger partial charge in [-0.3, -0.25) is 0 Å². The van der Waals surface area contributed by atoms with Gasteiger partial charge in [0.2, 0.25) is 0 Å². The molecule has 1 aliphatic heterocycles. The first-order chi connectivity index (χ1) is 6.38. The zero-order valence-corrected chi connectivity index (χ0v) is 7.35. The maximum Gasteiger partial charge on any atom is 0.0826 e. The SMILES string of the molecule is OC1CCCNC1c1cccnn1. The Labute approximate surface area is 77.0 Å². The lowest BCUT2D eigenvalue weighted by molar-refractivity contribution is 0.0943. The van der Waals surface area contributed by atoms with Crippen LogP contribution in [0.3, 0.4) is 0 Å². The number of aliphatic hydroxyl groups is 1. The Morgan fingerprint density at radius 1 is 1.54 bits per heavy atom. The number of piperidine rings is 1. The summed E-state index contributed by atoms with van der Waals surface area (Å²) >= 11 is 0. The molecular weight excluding hydrogens is 166 g/mol. The second-order valence-electron chi connectivity index (χ2n) is 3.29. The van der Waals surface area contributed by atoms with E-state index < -0.39 is 0 Å². The molecule has 1 aromatic rings. The number of hydrogen-bond donors (Lipinski definition) is 2. The third-order valence-corrected chi connectivity index (χ3v) is 2.34. The molecule has 2 heterocycles. The number of aliphatic hydroxyl groups excluding tert-OH is 1. The third-order valence-electron chi connectivity index (χ3n) is 2.34. The van der Waals surface area contributed by atoms with Crippen LogP contribution in [0.25, 0.3) is 0 Å². The summed E-state index contributed by atoms with van der Waals surface area (Å²) in [4.78, 5) is 0. The first kappa shape index (κ1) is 8.59. The van der Waals surface area contributed by atoms with Gasteiger partial charge >= 0.3 is 0 Å². The Morgan fingerprint density at radius 3 is 3.15 bits per heavy atom. The van der Waals surface area contributed by atoms with Gasteiger partial charge in [-0.05, 0) is 31.5 Å². The van der Waals surface area contributed by atoms with Crippen molar-refractivity contribution in [3.05, 3.63) is 24.0 Å². The summed E-state index contributed by atoms with van der Waals surface area (Å²) in [7, 11) is 0. The molecule has 13 heavy (non-hydrogen) atoms. The van der Waals surface area contributed by atoms with Crippen molar-refractivity contribution in [2.24, 2.45) is 0 Å². The van der Waals surface area contributed by atoms with Crippen LogP contribution in [-0.4, -0.2) is 28.0 Å². The van der Waals surface area contributed by atoms with Gasteiger partial charge in [-0.15, -0.1) is 0 Å². The Balaban J connectivity index is 2.15. The number of nitrogens with one attached hydrogen (secondary N) is 1. The highest BCUT2D eigenvalue weighted by molar-refractivity contribution is 5.08. The minimum atomic E-state index is -0.328. The van der Waals surface area contributed by atoms with Crippen LogP contribution in [0.2, 0.25) is 0 Å². The highest BCUT2D eigenvalue weighted by Crippen LogP contribution is 2.20. The summed E-state index contributed by atoms with van der Waals surface area (Å²) < 4.78 is 0. The molecule has 1 aliphatic rings.